The Morgan fingerprint density at radius 2 is 2.27 bits per heavy atom. The lowest BCUT2D eigenvalue weighted by molar-refractivity contribution is 0.127. The molecule has 0 aliphatic rings. The van der Waals surface area contributed by atoms with Crippen LogP contribution in [0.2, 0.25) is 0 Å². The summed E-state index contributed by atoms with van der Waals surface area (Å²) in [6, 6.07) is 0. The number of rotatable bonds is 2. The van der Waals surface area contributed by atoms with Crippen LogP contribution in [0.1, 0.15) is 13.8 Å². The number of hydrogen-bond acceptors (Lipinski definition) is 2. The molecule has 11 heavy (non-hydrogen) atoms. The topological polar surface area (TPSA) is 52.3 Å². The molecule has 0 spiro atoms. The van der Waals surface area contributed by atoms with Crippen LogP contribution in [0, 0.1) is 15.3 Å². The zero-order valence-corrected chi connectivity index (χ0v) is 8.64. The van der Waals surface area contributed by atoms with E-state index in [0.29, 0.717) is 0 Å². The highest BCUT2D eigenvalue weighted by Gasteiger charge is 2.15. The third-order valence-corrected chi connectivity index (χ3v) is 1.23. The number of nitrogens with two attached hydrogens (primary N) is 1. The van der Waals surface area contributed by atoms with Crippen molar-refractivity contribution < 1.29 is 9.53 Å². The van der Waals surface area contributed by atoms with E-state index in [1.165, 1.54) is 0 Å². The second-order valence-electron chi connectivity index (χ2n) is 2.71. The van der Waals surface area contributed by atoms with E-state index in [1.54, 1.807) is 0 Å². The van der Waals surface area contributed by atoms with Gasteiger partial charge in [0, 0.05) is 22.6 Å². The molecular formula is C7H10INO2. The molecule has 0 aliphatic heterocycles. The normalized spacial score (nSPS) is 9.73. The largest absolute Gasteiger partial charge is 0.448 e. The van der Waals surface area contributed by atoms with Gasteiger partial charge in [0.2, 0.25) is 0 Å². The molecule has 0 rings (SSSR count). The fourth-order valence-corrected chi connectivity index (χ4v) is 1.15. The van der Waals surface area contributed by atoms with E-state index in [4.69, 9.17) is 5.73 Å². The highest BCUT2D eigenvalue weighted by molar-refractivity contribution is 14.1. The van der Waals surface area contributed by atoms with Gasteiger partial charge in [0.25, 0.3) is 0 Å². The van der Waals surface area contributed by atoms with Crippen molar-refractivity contribution in [1.29, 1.82) is 0 Å². The van der Waals surface area contributed by atoms with Gasteiger partial charge in [0.1, 0.15) is 6.61 Å². The lowest BCUT2D eigenvalue weighted by atomic mass is 9.97. The molecule has 0 radical (unpaired) electrons. The zero-order chi connectivity index (χ0) is 8.91. The average molecular weight is 267 g/mol. The Kier molecular flexibility index (Phi) is 4.26. The molecule has 0 unspecified atom stereocenters. The van der Waals surface area contributed by atoms with Gasteiger partial charge in [-0.25, -0.2) is 4.79 Å². The van der Waals surface area contributed by atoms with Gasteiger partial charge >= 0.3 is 6.09 Å². The first-order valence-electron chi connectivity index (χ1n) is 3.03. The number of carbonyl (C=O) groups excluding carboxylic acids is 1. The Labute approximate surface area is 79.8 Å². The second kappa shape index (κ2) is 4.44. The van der Waals surface area contributed by atoms with Crippen LogP contribution >= 0.6 is 22.6 Å². The summed E-state index contributed by atoms with van der Waals surface area (Å²) in [5.74, 6) is 2.88. The number of amides is 1. The van der Waals surface area contributed by atoms with E-state index >= 15 is 0 Å². The first-order valence-corrected chi connectivity index (χ1v) is 4.11. The van der Waals surface area contributed by atoms with Crippen LogP contribution in [0.15, 0.2) is 0 Å². The lowest BCUT2D eigenvalue weighted by Gasteiger charge is -2.15. The maximum atomic E-state index is 10.2. The maximum absolute atomic E-state index is 10.2. The lowest BCUT2D eigenvalue weighted by Crippen LogP contribution is -2.23. The van der Waals surface area contributed by atoms with Crippen LogP contribution in [0.5, 0.6) is 0 Å². The van der Waals surface area contributed by atoms with Gasteiger partial charge in [-0.15, -0.1) is 0 Å². The highest BCUT2D eigenvalue weighted by Crippen LogP contribution is 2.13. The van der Waals surface area contributed by atoms with E-state index in [9.17, 15) is 4.79 Å². The van der Waals surface area contributed by atoms with E-state index in [0.717, 1.165) is 0 Å². The molecule has 0 atom stereocenters. The minimum atomic E-state index is -0.756. The number of primary amides is 1. The molecule has 0 saturated heterocycles. The van der Waals surface area contributed by atoms with Crippen molar-refractivity contribution >= 4 is 28.7 Å². The molecule has 0 aromatic carbocycles. The monoisotopic (exact) mass is 267 g/mol. The van der Waals surface area contributed by atoms with Gasteiger partial charge in [-0.05, 0) is 17.8 Å². The molecule has 1 amide bonds. The molecule has 0 heterocycles. The molecule has 4 heteroatoms. The quantitative estimate of drug-likeness (QED) is 0.609. The first kappa shape index (κ1) is 10.6. The number of ether oxygens (including phenoxy) is 1. The Balaban J connectivity index is 3.89. The van der Waals surface area contributed by atoms with Gasteiger partial charge < -0.3 is 10.5 Å². The molecule has 0 aromatic rings. The fourth-order valence-electron chi connectivity index (χ4n) is 0.416. The molecule has 0 aromatic heterocycles. The SMILES string of the molecule is CC(C)(C#CI)COC(N)=O. The zero-order valence-electron chi connectivity index (χ0n) is 6.48. The molecule has 0 aliphatic carbocycles. The molecule has 3 nitrogen and oxygen atoms in total. The third kappa shape index (κ3) is 5.98. The molecule has 0 saturated carbocycles. The summed E-state index contributed by atoms with van der Waals surface area (Å²) >= 11 is 1.94. The Bertz CT molecular complexity index is 202. The summed E-state index contributed by atoms with van der Waals surface area (Å²) in [6.45, 7) is 3.99. The summed E-state index contributed by atoms with van der Waals surface area (Å²) in [6.07, 6.45) is -0.756. The predicted octanol–water partition coefficient (Wildman–Crippen LogP) is 1.50. The first-order chi connectivity index (χ1) is 4.98. The third-order valence-electron chi connectivity index (χ3n) is 0.961. The minimum absolute atomic E-state index is 0.234. The van der Waals surface area contributed by atoms with Crippen LogP contribution in [0.25, 0.3) is 0 Å². The van der Waals surface area contributed by atoms with Crippen molar-refractivity contribution in [1.82, 2.24) is 0 Å². The van der Waals surface area contributed by atoms with Crippen molar-refractivity contribution in [2.24, 2.45) is 11.1 Å². The molecule has 62 valence electrons. The molecular weight excluding hydrogens is 257 g/mol. The smallest absolute Gasteiger partial charge is 0.404 e. The Morgan fingerprint density at radius 1 is 1.73 bits per heavy atom. The number of hydrogen-bond donors (Lipinski definition) is 1. The average Bonchev–Trinajstić information content (AvgIpc) is 1.84. The molecule has 0 fully saturated rings. The standard InChI is InChI=1S/C7H10INO2/c1-7(2,3-4-8)5-11-6(9)10/h5H2,1-2H3,(H2,9,10). The summed E-state index contributed by atoms with van der Waals surface area (Å²) in [4.78, 5) is 10.2. The van der Waals surface area contributed by atoms with Crippen molar-refractivity contribution in [2.75, 3.05) is 6.61 Å². The van der Waals surface area contributed by atoms with Crippen LogP contribution < -0.4 is 5.73 Å². The summed E-state index contributed by atoms with van der Waals surface area (Å²) in [5.41, 5.74) is 4.48. The van der Waals surface area contributed by atoms with Crippen molar-refractivity contribution in [2.45, 2.75) is 13.8 Å². The van der Waals surface area contributed by atoms with Gasteiger partial charge in [-0.2, -0.15) is 0 Å². The van der Waals surface area contributed by atoms with Crippen LogP contribution in [0.3, 0.4) is 0 Å². The molecule has 0 bridgehead atoms. The molecule has 2 N–H and O–H groups in total. The van der Waals surface area contributed by atoms with Crippen molar-refractivity contribution in [3.8, 4) is 9.85 Å². The number of carbonyl (C=O) groups is 1. The Morgan fingerprint density at radius 3 is 2.64 bits per heavy atom. The Hall–Kier alpha value is -0.440. The van der Waals surface area contributed by atoms with Gasteiger partial charge in [0.05, 0.1) is 5.41 Å². The van der Waals surface area contributed by atoms with E-state index in [1.807, 2.05) is 36.4 Å². The van der Waals surface area contributed by atoms with Crippen molar-refractivity contribution in [3.05, 3.63) is 0 Å². The fraction of sp³-hybridized carbons (Fsp3) is 0.571. The summed E-state index contributed by atoms with van der Waals surface area (Å²) in [7, 11) is 0. The van der Waals surface area contributed by atoms with E-state index < -0.39 is 6.09 Å². The van der Waals surface area contributed by atoms with Gasteiger partial charge in [-0.1, -0.05) is 5.92 Å². The summed E-state index contributed by atoms with van der Waals surface area (Å²) < 4.78 is 7.31. The van der Waals surface area contributed by atoms with Crippen LogP contribution in [0.4, 0.5) is 4.79 Å². The van der Waals surface area contributed by atoms with Gasteiger partial charge in [0.15, 0.2) is 0 Å². The maximum Gasteiger partial charge on any atom is 0.404 e. The van der Waals surface area contributed by atoms with E-state index in [-0.39, 0.29) is 12.0 Å². The predicted molar refractivity (Wildman–Crippen MR) is 51.1 cm³/mol. The van der Waals surface area contributed by atoms with Crippen LogP contribution in [-0.4, -0.2) is 12.7 Å². The van der Waals surface area contributed by atoms with Crippen LogP contribution in [-0.2, 0) is 4.74 Å². The van der Waals surface area contributed by atoms with Gasteiger partial charge in [-0.3, -0.25) is 0 Å². The van der Waals surface area contributed by atoms with E-state index in [2.05, 4.69) is 14.6 Å². The second-order valence-corrected chi connectivity index (χ2v) is 3.25. The van der Waals surface area contributed by atoms with Crippen molar-refractivity contribution in [3.63, 3.8) is 0 Å². The summed E-state index contributed by atoms with van der Waals surface area (Å²) in [5, 5.41) is 0. The highest BCUT2D eigenvalue weighted by atomic mass is 127. The number of halogens is 1. The minimum Gasteiger partial charge on any atom is -0.448 e.